The summed E-state index contributed by atoms with van der Waals surface area (Å²) < 4.78 is 1.68. The van der Waals surface area contributed by atoms with E-state index in [1.54, 1.807) is 17.1 Å². The van der Waals surface area contributed by atoms with Crippen LogP contribution in [0.2, 0.25) is 0 Å². The van der Waals surface area contributed by atoms with Gasteiger partial charge in [-0.3, -0.25) is 14.4 Å². The fourth-order valence-electron chi connectivity index (χ4n) is 2.49. The van der Waals surface area contributed by atoms with Crippen molar-refractivity contribution in [2.24, 2.45) is 7.05 Å². The van der Waals surface area contributed by atoms with Crippen LogP contribution >= 0.6 is 0 Å². The molecule has 0 aromatic carbocycles. The van der Waals surface area contributed by atoms with E-state index in [4.69, 9.17) is 0 Å². The molecule has 0 saturated carbocycles. The summed E-state index contributed by atoms with van der Waals surface area (Å²) in [6.07, 6.45) is 7.14. The van der Waals surface area contributed by atoms with Crippen molar-refractivity contribution in [1.29, 1.82) is 0 Å². The van der Waals surface area contributed by atoms with Crippen molar-refractivity contribution in [3.63, 3.8) is 0 Å². The van der Waals surface area contributed by atoms with E-state index in [0.29, 0.717) is 5.56 Å². The summed E-state index contributed by atoms with van der Waals surface area (Å²) in [6.45, 7) is 6.10. The van der Waals surface area contributed by atoms with Crippen molar-refractivity contribution in [2.45, 2.75) is 38.6 Å². The third kappa shape index (κ3) is 2.41. The van der Waals surface area contributed by atoms with Gasteiger partial charge in [0.2, 0.25) is 0 Å². The van der Waals surface area contributed by atoms with Crippen LogP contribution in [-0.4, -0.2) is 39.1 Å². The fourth-order valence-corrected chi connectivity index (χ4v) is 2.49. The van der Waals surface area contributed by atoms with E-state index in [2.05, 4.69) is 10.00 Å². The highest BCUT2D eigenvalue weighted by atomic mass is 16.1. The standard InChI is InChI=1S/C13H21N3O/c1-13(2,16-7-5-4-6-8-16)12(17)11-9-14-15(3)10-11/h9-10H,4-8H2,1-3H3. The zero-order chi connectivity index (χ0) is 12.5. The van der Waals surface area contributed by atoms with Crippen LogP contribution in [0.1, 0.15) is 43.5 Å². The van der Waals surface area contributed by atoms with Crippen LogP contribution in [0.25, 0.3) is 0 Å². The van der Waals surface area contributed by atoms with Crippen molar-refractivity contribution < 1.29 is 4.79 Å². The van der Waals surface area contributed by atoms with E-state index < -0.39 is 5.54 Å². The second-order valence-electron chi connectivity index (χ2n) is 5.34. The molecule has 0 N–H and O–H groups in total. The Balaban J connectivity index is 2.16. The molecule has 0 unspecified atom stereocenters. The highest BCUT2D eigenvalue weighted by Crippen LogP contribution is 2.24. The second kappa shape index (κ2) is 4.61. The molecule has 1 fully saturated rings. The van der Waals surface area contributed by atoms with Gasteiger partial charge in [-0.2, -0.15) is 5.10 Å². The molecule has 1 saturated heterocycles. The minimum atomic E-state index is -0.413. The second-order valence-corrected chi connectivity index (χ2v) is 5.34. The molecule has 1 aromatic heterocycles. The molecular weight excluding hydrogens is 214 g/mol. The number of Topliss-reactive ketones (excluding diaryl/α,β-unsaturated/α-hetero) is 1. The van der Waals surface area contributed by atoms with E-state index >= 15 is 0 Å². The maximum absolute atomic E-state index is 12.5. The van der Waals surface area contributed by atoms with Gasteiger partial charge in [0.1, 0.15) is 0 Å². The number of rotatable bonds is 3. The molecule has 1 aromatic rings. The summed E-state index contributed by atoms with van der Waals surface area (Å²) in [5.74, 6) is 0.174. The lowest BCUT2D eigenvalue weighted by Gasteiger charge is -2.39. The Hall–Kier alpha value is -1.16. The molecule has 4 heteroatoms. The van der Waals surface area contributed by atoms with Crippen LogP contribution in [0.3, 0.4) is 0 Å². The van der Waals surface area contributed by atoms with E-state index in [1.807, 2.05) is 20.9 Å². The van der Waals surface area contributed by atoms with Gasteiger partial charge in [-0.1, -0.05) is 6.42 Å². The number of aromatic nitrogens is 2. The predicted molar refractivity (Wildman–Crippen MR) is 67.0 cm³/mol. The lowest BCUT2D eigenvalue weighted by atomic mass is 9.91. The van der Waals surface area contributed by atoms with E-state index in [0.717, 1.165) is 13.1 Å². The third-order valence-electron chi connectivity index (χ3n) is 3.67. The van der Waals surface area contributed by atoms with Gasteiger partial charge in [0.15, 0.2) is 5.78 Å². The number of hydrogen-bond acceptors (Lipinski definition) is 3. The molecule has 0 aliphatic carbocycles. The van der Waals surface area contributed by atoms with Gasteiger partial charge in [0.25, 0.3) is 0 Å². The molecule has 1 aliphatic rings. The van der Waals surface area contributed by atoms with Crippen LogP contribution in [0, 0.1) is 0 Å². The SMILES string of the molecule is Cn1cc(C(=O)C(C)(C)N2CCCCC2)cn1. The monoisotopic (exact) mass is 235 g/mol. The van der Waals surface area contributed by atoms with Crippen molar-refractivity contribution in [2.75, 3.05) is 13.1 Å². The van der Waals surface area contributed by atoms with Gasteiger partial charge in [0.05, 0.1) is 17.3 Å². The van der Waals surface area contributed by atoms with E-state index in [-0.39, 0.29) is 5.78 Å². The van der Waals surface area contributed by atoms with Gasteiger partial charge in [0, 0.05) is 13.2 Å². The normalized spacial score (nSPS) is 18.3. The summed E-state index contributed by atoms with van der Waals surface area (Å²) in [5.41, 5.74) is 0.298. The summed E-state index contributed by atoms with van der Waals surface area (Å²) in [6, 6.07) is 0. The molecule has 1 aliphatic heterocycles. The number of carbonyl (C=O) groups is 1. The maximum Gasteiger partial charge on any atom is 0.185 e. The largest absolute Gasteiger partial charge is 0.292 e. The average Bonchev–Trinajstić information content (AvgIpc) is 2.76. The van der Waals surface area contributed by atoms with E-state index in [1.165, 1.54) is 19.3 Å². The highest BCUT2D eigenvalue weighted by molar-refractivity contribution is 6.02. The molecule has 0 radical (unpaired) electrons. The highest BCUT2D eigenvalue weighted by Gasteiger charge is 2.36. The van der Waals surface area contributed by atoms with E-state index in [9.17, 15) is 4.79 Å². The Morgan fingerprint density at radius 1 is 1.29 bits per heavy atom. The number of aryl methyl sites for hydroxylation is 1. The Kier molecular flexibility index (Phi) is 3.33. The Bertz CT molecular complexity index is 403. The average molecular weight is 235 g/mol. The smallest absolute Gasteiger partial charge is 0.185 e. The van der Waals surface area contributed by atoms with Crippen molar-refractivity contribution in [3.05, 3.63) is 18.0 Å². The molecule has 0 spiro atoms. The summed E-state index contributed by atoms with van der Waals surface area (Å²) >= 11 is 0. The van der Waals surface area contributed by atoms with Crippen LogP contribution in [0.15, 0.2) is 12.4 Å². The van der Waals surface area contributed by atoms with Crippen LogP contribution < -0.4 is 0 Å². The lowest BCUT2D eigenvalue weighted by Crippen LogP contribution is -2.52. The quantitative estimate of drug-likeness (QED) is 0.751. The summed E-state index contributed by atoms with van der Waals surface area (Å²) in [5, 5.41) is 4.07. The number of ketones is 1. The number of piperidine rings is 1. The van der Waals surface area contributed by atoms with Crippen LogP contribution in [0.4, 0.5) is 0 Å². The Labute approximate surface area is 103 Å². The molecule has 94 valence electrons. The summed E-state index contributed by atoms with van der Waals surface area (Å²) in [4.78, 5) is 14.8. The molecule has 17 heavy (non-hydrogen) atoms. The molecule has 0 atom stereocenters. The third-order valence-corrected chi connectivity index (χ3v) is 3.67. The van der Waals surface area contributed by atoms with Crippen molar-refractivity contribution in [3.8, 4) is 0 Å². The van der Waals surface area contributed by atoms with Gasteiger partial charge in [-0.15, -0.1) is 0 Å². The van der Waals surface area contributed by atoms with Crippen molar-refractivity contribution >= 4 is 5.78 Å². The van der Waals surface area contributed by atoms with Gasteiger partial charge >= 0.3 is 0 Å². The fraction of sp³-hybridized carbons (Fsp3) is 0.692. The first kappa shape index (κ1) is 12.3. The Morgan fingerprint density at radius 3 is 2.47 bits per heavy atom. The minimum Gasteiger partial charge on any atom is -0.292 e. The van der Waals surface area contributed by atoms with Crippen LogP contribution in [0.5, 0.6) is 0 Å². The molecule has 0 amide bonds. The molecular formula is C13H21N3O. The lowest BCUT2D eigenvalue weighted by molar-refractivity contribution is 0.0579. The zero-order valence-electron chi connectivity index (χ0n) is 10.9. The first-order valence-corrected chi connectivity index (χ1v) is 6.30. The Morgan fingerprint density at radius 2 is 1.94 bits per heavy atom. The van der Waals surface area contributed by atoms with Crippen molar-refractivity contribution in [1.82, 2.24) is 14.7 Å². The number of carbonyl (C=O) groups excluding carboxylic acids is 1. The number of hydrogen-bond donors (Lipinski definition) is 0. The predicted octanol–water partition coefficient (Wildman–Crippen LogP) is 1.87. The first-order chi connectivity index (χ1) is 8.01. The molecule has 2 rings (SSSR count). The number of nitrogens with zero attached hydrogens (tertiary/aromatic N) is 3. The van der Waals surface area contributed by atoms with Gasteiger partial charge in [-0.05, 0) is 39.8 Å². The number of likely N-dealkylation sites (tertiary alicyclic amines) is 1. The minimum absolute atomic E-state index is 0.174. The maximum atomic E-state index is 12.5. The van der Waals surface area contributed by atoms with Gasteiger partial charge < -0.3 is 0 Å². The molecule has 2 heterocycles. The molecule has 4 nitrogen and oxygen atoms in total. The molecule has 0 bridgehead atoms. The summed E-state index contributed by atoms with van der Waals surface area (Å²) in [7, 11) is 1.84. The van der Waals surface area contributed by atoms with Gasteiger partial charge in [-0.25, -0.2) is 0 Å². The van der Waals surface area contributed by atoms with Crippen LogP contribution in [-0.2, 0) is 7.05 Å². The topological polar surface area (TPSA) is 38.1 Å². The first-order valence-electron chi connectivity index (χ1n) is 6.30. The zero-order valence-corrected chi connectivity index (χ0v) is 10.9.